The highest BCUT2D eigenvalue weighted by Crippen LogP contribution is 2.24. The third-order valence-electron chi connectivity index (χ3n) is 3.23. The van der Waals surface area contributed by atoms with E-state index in [1.54, 1.807) is 0 Å². The van der Waals surface area contributed by atoms with Crippen molar-refractivity contribution in [3.63, 3.8) is 0 Å². The smallest absolute Gasteiger partial charge is 0.0159 e. The predicted octanol–water partition coefficient (Wildman–Crippen LogP) is 1.57. The molecule has 82 valence electrons. The van der Waals surface area contributed by atoms with Crippen molar-refractivity contribution in [3.05, 3.63) is 0 Å². The van der Waals surface area contributed by atoms with Gasteiger partial charge in [0.25, 0.3) is 0 Å². The monoisotopic (exact) mass is 214 g/mol. The van der Waals surface area contributed by atoms with Crippen molar-refractivity contribution in [1.82, 2.24) is 10.2 Å². The van der Waals surface area contributed by atoms with Gasteiger partial charge in [0.05, 0.1) is 0 Å². The third kappa shape index (κ3) is 3.44. The Morgan fingerprint density at radius 2 is 2.21 bits per heavy atom. The highest BCUT2D eigenvalue weighted by Gasteiger charge is 2.25. The molecular weight excluding hydrogens is 192 g/mol. The summed E-state index contributed by atoms with van der Waals surface area (Å²) in [5, 5.41) is 3.67. The molecule has 0 amide bonds. The molecular formula is C11H22N2S. The van der Waals surface area contributed by atoms with Gasteiger partial charge in [0.1, 0.15) is 0 Å². The molecule has 0 aromatic rings. The summed E-state index contributed by atoms with van der Waals surface area (Å²) in [5.74, 6) is 2.70. The normalized spacial score (nSPS) is 28.3. The van der Waals surface area contributed by atoms with Crippen molar-refractivity contribution < 1.29 is 0 Å². The van der Waals surface area contributed by atoms with Crippen LogP contribution in [-0.2, 0) is 0 Å². The van der Waals surface area contributed by atoms with Crippen LogP contribution in [0.5, 0.6) is 0 Å². The summed E-state index contributed by atoms with van der Waals surface area (Å²) in [4.78, 5) is 2.50. The van der Waals surface area contributed by atoms with Crippen LogP contribution in [0.4, 0.5) is 0 Å². The summed E-state index contributed by atoms with van der Waals surface area (Å²) in [5.41, 5.74) is 0. The molecule has 1 aliphatic carbocycles. The fourth-order valence-corrected chi connectivity index (χ4v) is 3.15. The second-order valence-corrected chi connectivity index (χ2v) is 5.73. The molecule has 2 rings (SSSR count). The van der Waals surface area contributed by atoms with Gasteiger partial charge in [0, 0.05) is 30.9 Å². The van der Waals surface area contributed by atoms with Gasteiger partial charge in [-0.25, -0.2) is 0 Å². The van der Waals surface area contributed by atoms with Gasteiger partial charge in [0.15, 0.2) is 0 Å². The van der Waals surface area contributed by atoms with E-state index in [-0.39, 0.29) is 0 Å². The van der Waals surface area contributed by atoms with Crippen LogP contribution in [-0.4, -0.2) is 48.6 Å². The predicted molar refractivity (Wildman–Crippen MR) is 64.0 cm³/mol. The Morgan fingerprint density at radius 1 is 1.36 bits per heavy atom. The molecule has 1 unspecified atom stereocenters. The molecule has 1 saturated heterocycles. The van der Waals surface area contributed by atoms with E-state index in [4.69, 9.17) is 0 Å². The van der Waals surface area contributed by atoms with Crippen molar-refractivity contribution in [2.45, 2.75) is 37.8 Å². The molecule has 1 saturated carbocycles. The quantitative estimate of drug-likeness (QED) is 0.748. The van der Waals surface area contributed by atoms with E-state index in [2.05, 4.69) is 29.0 Å². The van der Waals surface area contributed by atoms with Crippen molar-refractivity contribution in [2.75, 3.05) is 31.6 Å². The first-order valence-electron chi connectivity index (χ1n) is 5.87. The first-order chi connectivity index (χ1) is 6.86. The van der Waals surface area contributed by atoms with Crippen LogP contribution in [0.25, 0.3) is 0 Å². The fourth-order valence-electron chi connectivity index (χ4n) is 2.04. The van der Waals surface area contributed by atoms with Gasteiger partial charge < -0.3 is 10.2 Å². The lowest BCUT2D eigenvalue weighted by Gasteiger charge is -2.24. The summed E-state index contributed by atoms with van der Waals surface area (Å²) < 4.78 is 0. The Morgan fingerprint density at radius 3 is 2.86 bits per heavy atom. The van der Waals surface area contributed by atoms with Crippen LogP contribution >= 0.6 is 11.8 Å². The highest BCUT2D eigenvalue weighted by atomic mass is 32.2. The van der Waals surface area contributed by atoms with Gasteiger partial charge in [0.2, 0.25) is 0 Å². The molecule has 14 heavy (non-hydrogen) atoms. The number of hydrogen-bond acceptors (Lipinski definition) is 3. The van der Waals surface area contributed by atoms with Gasteiger partial charge in [-0.2, -0.15) is 11.8 Å². The lowest BCUT2D eigenvalue weighted by atomic mass is 10.2. The lowest BCUT2D eigenvalue weighted by molar-refractivity contribution is 0.314. The van der Waals surface area contributed by atoms with E-state index in [0.717, 1.165) is 12.1 Å². The number of likely N-dealkylation sites (N-methyl/N-ethyl adjacent to an activating group) is 1. The van der Waals surface area contributed by atoms with Gasteiger partial charge in [-0.05, 0) is 38.5 Å². The van der Waals surface area contributed by atoms with Crippen LogP contribution in [0.15, 0.2) is 0 Å². The molecule has 1 N–H and O–H groups in total. The standard InChI is InChI=1S/C11H22N2S/c1-13(11-4-5-11)7-6-12-10-3-2-8-14-9-10/h10-12H,2-9H2,1H3. The largest absolute Gasteiger partial charge is 0.312 e. The fraction of sp³-hybridized carbons (Fsp3) is 1.00. The van der Waals surface area contributed by atoms with Crippen LogP contribution in [0.2, 0.25) is 0 Å². The van der Waals surface area contributed by atoms with Gasteiger partial charge >= 0.3 is 0 Å². The molecule has 1 heterocycles. The minimum atomic E-state index is 0.793. The average molecular weight is 214 g/mol. The zero-order chi connectivity index (χ0) is 9.80. The number of nitrogens with one attached hydrogen (secondary N) is 1. The maximum atomic E-state index is 3.67. The van der Waals surface area contributed by atoms with Crippen LogP contribution in [0, 0.1) is 0 Å². The maximum Gasteiger partial charge on any atom is 0.0159 e. The summed E-state index contributed by atoms with van der Waals surface area (Å²) in [6, 6.07) is 1.71. The van der Waals surface area contributed by atoms with E-state index < -0.39 is 0 Å². The van der Waals surface area contributed by atoms with Crippen LogP contribution < -0.4 is 5.32 Å². The van der Waals surface area contributed by atoms with Crippen molar-refractivity contribution >= 4 is 11.8 Å². The molecule has 0 radical (unpaired) electrons. The molecule has 3 heteroatoms. The minimum absolute atomic E-state index is 0.793. The Bertz CT molecular complexity index is 165. The van der Waals surface area contributed by atoms with E-state index in [9.17, 15) is 0 Å². The minimum Gasteiger partial charge on any atom is -0.312 e. The molecule has 2 nitrogen and oxygen atoms in total. The molecule has 2 fully saturated rings. The molecule has 0 aromatic heterocycles. The van der Waals surface area contributed by atoms with E-state index in [1.807, 2.05) is 0 Å². The summed E-state index contributed by atoms with van der Waals surface area (Å²) in [6.45, 7) is 2.41. The molecule has 0 aromatic carbocycles. The number of thioether (sulfide) groups is 1. The zero-order valence-electron chi connectivity index (χ0n) is 9.17. The Hall–Kier alpha value is 0.270. The molecule has 2 aliphatic rings. The maximum absolute atomic E-state index is 3.67. The van der Waals surface area contributed by atoms with Crippen molar-refractivity contribution in [3.8, 4) is 0 Å². The van der Waals surface area contributed by atoms with E-state index in [1.165, 1.54) is 50.3 Å². The van der Waals surface area contributed by atoms with Gasteiger partial charge in [-0.3, -0.25) is 0 Å². The average Bonchev–Trinajstić information content (AvgIpc) is 3.02. The third-order valence-corrected chi connectivity index (χ3v) is 4.44. The summed E-state index contributed by atoms with van der Waals surface area (Å²) >= 11 is 2.10. The van der Waals surface area contributed by atoms with Crippen molar-refractivity contribution in [1.29, 1.82) is 0 Å². The first kappa shape index (κ1) is 10.8. The summed E-state index contributed by atoms with van der Waals surface area (Å²) in [6.07, 6.45) is 5.65. The van der Waals surface area contributed by atoms with E-state index in [0.29, 0.717) is 0 Å². The van der Waals surface area contributed by atoms with Gasteiger partial charge in [-0.1, -0.05) is 0 Å². The zero-order valence-corrected chi connectivity index (χ0v) is 9.98. The molecule has 1 atom stereocenters. The van der Waals surface area contributed by atoms with Crippen molar-refractivity contribution in [2.24, 2.45) is 0 Å². The molecule has 1 aliphatic heterocycles. The van der Waals surface area contributed by atoms with E-state index >= 15 is 0 Å². The highest BCUT2D eigenvalue weighted by molar-refractivity contribution is 7.99. The SMILES string of the molecule is CN(CCNC1CCCSC1)C1CC1. The number of rotatable bonds is 5. The van der Waals surface area contributed by atoms with Crippen LogP contribution in [0.3, 0.4) is 0 Å². The topological polar surface area (TPSA) is 15.3 Å². The van der Waals surface area contributed by atoms with Crippen LogP contribution in [0.1, 0.15) is 25.7 Å². The summed E-state index contributed by atoms with van der Waals surface area (Å²) in [7, 11) is 2.26. The number of hydrogen-bond donors (Lipinski definition) is 1. The second kappa shape index (κ2) is 5.38. The Kier molecular flexibility index (Phi) is 4.14. The molecule has 0 bridgehead atoms. The Labute approximate surface area is 91.8 Å². The lowest BCUT2D eigenvalue weighted by Crippen LogP contribution is -2.39. The van der Waals surface area contributed by atoms with Gasteiger partial charge in [-0.15, -0.1) is 0 Å². The number of nitrogens with zero attached hydrogens (tertiary/aromatic N) is 1. The first-order valence-corrected chi connectivity index (χ1v) is 7.03. The Balaban J connectivity index is 1.52. The molecule has 0 spiro atoms. The second-order valence-electron chi connectivity index (χ2n) is 4.58.